The highest BCUT2D eigenvalue weighted by molar-refractivity contribution is 9.09. The molecule has 0 saturated carbocycles. The number of halogens is 1. The van der Waals surface area contributed by atoms with Crippen molar-refractivity contribution in [2.24, 2.45) is 0 Å². The largest absolute Gasteiger partial charge is 0.364 e. The summed E-state index contributed by atoms with van der Waals surface area (Å²) in [4.78, 5) is 48.3. The van der Waals surface area contributed by atoms with Crippen LogP contribution in [0.5, 0.6) is 0 Å². The number of aryl methyl sites for hydroxylation is 1. The Morgan fingerprint density at radius 2 is 1.53 bits per heavy atom. The third-order valence-electron chi connectivity index (χ3n) is 6.58. The molecule has 4 amide bonds. The van der Waals surface area contributed by atoms with Gasteiger partial charge in [-0.3, -0.25) is 24.5 Å². The highest BCUT2D eigenvalue weighted by Crippen LogP contribution is 2.19. The van der Waals surface area contributed by atoms with Gasteiger partial charge in [-0.25, -0.2) is 0 Å². The lowest BCUT2D eigenvalue weighted by Gasteiger charge is -2.19. The van der Waals surface area contributed by atoms with Crippen LogP contribution in [0.2, 0.25) is 0 Å². The van der Waals surface area contributed by atoms with E-state index in [-0.39, 0.29) is 68.7 Å². The Hall–Kier alpha value is -3.62. The smallest absolute Gasteiger partial charge is 0.241 e. The lowest BCUT2D eigenvalue weighted by molar-refractivity contribution is -0.128. The van der Waals surface area contributed by atoms with Gasteiger partial charge in [-0.1, -0.05) is 70.5 Å². The monoisotopic (exact) mass is 701 g/mol. The zero-order valence-electron chi connectivity index (χ0n) is 25.2. The number of hydrogen-bond acceptors (Lipinski definition) is 8. The van der Waals surface area contributed by atoms with Crippen LogP contribution in [-0.4, -0.2) is 74.7 Å². The van der Waals surface area contributed by atoms with E-state index in [1.54, 1.807) is 11.3 Å². The minimum absolute atomic E-state index is 0.0154. The maximum atomic E-state index is 13.0. The van der Waals surface area contributed by atoms with Gasteiger partial charge < -0.3 is 30.7 Å². The molecule has 2 aromatic carbocycles. The highest BCUT2D eigenvalue weighted by atomic mass is 79.9. The quantitative estimate of drug-likeness (QED) is 0.0690. The van der Waals surface area contributed by atoms with Gasteiger partial charge in [-0.05, 0) is 58.3 Å². The van der Waals surface area contributed by atoms with Crippen molar-refractivity contribution in [3.05, 3.63) is 93.2 Å². The molecular formula is C32H40BrN5O6S. The summed E-state index contributed by atoms with van der Waals surface area (Å²) in [5.41, 5.74) is 5.77. The van der Waals surface area contributed by atoms with Gasteiger partial charge in [0, 0.05) is 6.54 Å². The molecule has 0 aliphatic carbocycles. The maximum Gasteiger partial charge on any atom is 0.241 e. The second-order valence-corrected chi connectivity index (χ2v) is 11.5. The van der Waals surface area contributed by atoms with Crippen molar-refractivity contribution in [3.63, 3.8) is 0 Å². The minimum atomic E-state index is -0.657. The van der Waals surface area contributed by atoms with Gasteiger partial charge >= 0.3 is 0 Å². The fraction of sp³-hybridized carbons (Fsp3) is 0.375. The van der Waals surface area contributed by atoms with Gasteiger partial charge in [0.2, 0.25) is 23.6 Å². The Bertz CT molecular complexity index is 1370. The number of thiophene rings is 1. The predicted octanol–water partition coefficient (Wildman–Crippen LogP) is 2.16. The molecule has 0 spiro atoms. The number of carbonyl (C=O) groups excluding carboxylic acids is 4. The first-order valence-electron chi connectivity index (χ1n) is 14.5. The van der Waals surface area contributed by atoms with E-state index in [1.165, 1.54) is 16.7 Å². The van der Waals surface area contributed by atoms with Crippen LogP contribution in [0, 0.1) is 6.92 Å². The van der Waals surface area contributed by atoms with Crippen molar-refractivity contribution in [2.45, 2.75) is 32.4 Å². The first-order chi connectivity index (χ1) is 21.8. The van der Waals surface area contributed by atoms with Crippen molar-refractivity contribution in [1.82, 2.24) is 26.6 Å². The number of nitrogens with one attached hydrogen (secondary N) is 5. The summed E-state index contributed by atoms with van der Waals surface area (Å²) in [6, 6.07) is 17.0. The van der Waals surface area contributed by atoms with Crippen molar-refractivity contribution >= 4 is 50.9 Å². The van der Waals surface area contributed by atoms with E-state index in [2.05, 4.69) is 72.3 Å². The second-order valence-electron chi connectivity index (χ2n) is 10.1. The molecule has 0 bridgehead atoms. The Morgan fingerprint density at radius 1 is 0.800 bits per heavy atom. The van der Waals surface area contributed by atoms with E-state index < -0.39 is 6.04 Å². The summed E-state index contributed by atoms with van der Waals surface area (Å²) in [6.45, 7) is 2.65. The minimum Gasteiger partial charge on any atom is -0.364 e. The number of rotatable bonds is 20. The first kappa shape index (κ1) is 35.9. The lowest BCUT2D eigenvalue weighted by Crippen LogP contribution is -2.49. The molecule has 11 nitrogen and oxygen atoms in total. The number of carbonyl (C=O) groups is 4. The highest BCUT2D eigenvalue weighted by Gasteiger charge is 2.19. The van der Waals surface area contributed by atoms with Crippen LogP contribution in [0.4, 0.5) is 0 Å². The molecule has 1 aromatic heterocycles. The van der Waals surface area contributed by atoms with Gasteiger partial charge in [-0.15, -0.1) is 0 Å². The third-order valence-corrected chi connectivity index (χ3v) is 8.00. The molecule has 45 heavy (non-hydrogen) atoms. The summed E-state index contributed by atoms with van der Waals surface area (Å²) in [5.74, 6) is -1.34. The number of ether oxygens (including phenoxy) is 2. The van der Waals surface area contributed by atoms with Crippen LogP contribution in [0.25, 0.3) is 0 Å². The zero-order chi connectivity index (χ0) is 32.3. The molecule has 0 radical (unpaired) electrons. The van der Waals surface area contributed by atoms with E-state index in [0.717, 1.165) is 17.5 Å². The normalized spacial score (nSPS) is 11.4. The van der Waals surface area contributed by atoms with Crippen LogP contribution in [0.15, 0.2) is 65.4 Å². The second kappa shape index (κ2) is 20.4. The topological polar surface area (TPSA) is 147 Å². The average molecular weight is 703 g/mol. The summed E-state index contributed by atoms with van der Waals surface area (Å²) in [7, 11) is 0. The molecule has 0 aliphatic rings. The molecule has 0 aliphatic heterocycles. The van der Waals surface area contributed by atoms with Gasteiger partial charge in [-0.2, -0.15) is 11.3 Å². The van der Waals surface area contributed by atoms with Gasteiger partial charge in [0.15, 0.2) is 0 Å². The Morgan fingerprint density at radius 3 is 2.29 bits per heavy atom. The van der Waals surface area contributed by atoms with E-state index in [1.807, 2.05) is 42.5 Å². The van der Waals surface area contributed by atoms with Crippen molar-refractivity contribution < 1.29 is 28.7 Å². The molecule has 242 valence electrons. The number of alkyl halides is 1. The average Bonchev–Trinajstić information content (AvgIpc) is 3.45. The van der Waals surface area contributed by atoms with Crippen LogP contribution < -0.4 is 26.6 Å². The van der Waals surface area contributed by atoms with E-state index in [4.69, 9.17) is 9.47 Å². The van der Waals surface area contributed by atoms with E-state index in [9.17, 15) is 19.2 Å². The fourth-order valence-electron chi connectivity index (χ4n) is 4.16. The van der Waals surface area contributed by atoms with Crippen LogP contribution >= 0.6 is 27.3 Å². The zero-order valence-corrected chi connectivity index (χ0v) is 27.6. The number of benzene rings is 2. The molecule has 5 N–H and O–H groups in total. The van der Waals surface area contributed by atoms with Crippen LogP contribution in [0.3, 0.4) is 0 Å². The fourth-order valence-corrected chi connectivity index (χ4v) is 5.22. The van der Waals surface area contributed by atoms with E-state index >= 15 is 0 Å². The van der Waals surface area contributed by atoms with Crippen molar-refractivity contribution in [3.8, 4) is 0 Å². The molecule has 0 fully saturated rings. The first-order valence-corrected chi connectivity index (χ1v) is 16.6. The Balaban J connectivity index is 1.35. The maximum absolute atomic E-state index is 13.0. The lowest BCUT2D eigenvalue weighted by atomic mass is 10.0. The third kappa shape index (κ3) is 14.4. The van der Waals surface area contributed by atoms with Crippen molar-refractivity contribution in [2.75, 3.05) is 45.0 Å². The summed E-state index contributed by atoms with van der Waals surface area (Å²) in [5, 5.41) is 17.9. The summed E-state index contributed by atoms with van der Waals surface area (Å²) < 4.78 is 11.2. The Labute approximate surface area is 276 Å². The molecule has 1 heterocycles. The molecule has 3 aromatic rings. The number of hydrogen-bond donors (Lipinski definition) is 5. The van der Waals surface area contributed by atoms with Crippen LogP contribution in [0.1, 0.15) is 27.8 Å². The Kier molecular flexibility index (Phi) is 16.3. The molecule has 13 heteroatoms. The van der Waals surface area contributed by atoms with Gasteiger partial charge in [0.1, 0.15) is 6.73 Å². The standard InChI is InChI=1S/C32H40BrN5O6S/c1-23-19-45-20-27(23)13-25-8-5-9-26(12-25)18-44-22-38-31(41)17-36-32(42)28(14-24-6-3-2-4-7-24)37-21-43-11-10-34-30(40)16-35-29(39)15-33/h2-9,12,19-20,28,37H,10-11,13-18,21-22H2,1H3,(H,34,40)(H,35,39)(H,36,42)(H,38,41)/t28-/m0/s1. The SMILES string of the molecule is Cc1cscc1Cc1cccc(COCNC(=O)CNC(=O)[C@H](Cc2ccccc2)NCOCCNC(=O)CNC(=O)CBr)c1. The molecule has 0 unspecified atom stereocenters. The molecule has 3 rings (SSSR count). The van der Waals surface area contributed by atoms with Gasteiger partial charge in [0.25, 0.3) is 0 Å². The number of amides is 4. The predicted molar refractivity (Wildman–Crippen MR) is 177 cm³/mol. The van der Waals surface area contributed by atoms with Crippen LogP contribution in [-0.2, 0) is 48.1 Å². The molecule has 1 atom stereocenters. The van der Waals surface area contributed by atoms with Crippen molar-refractivity contribution in [1.29, 1.82) is 0 Å². The molecular weight excluding hydrogens is 662 g/mol. The van der Waals surface area contributed by atoms with Gasteiger partial charge in [0.05, 0.1) is 44.4 Å². The summed E-state index contributed by atoms with van der Waals surface area (Å²) >= 11 is 4.71. The summed E-state index contributed by atoms with van der Waals surface area (Å²) in [6.07, 6.45) is 1.25. The molecule has 0 saturated heterocycles. The van der Waals surface area contributed by atoms with E-state index in [0.29, 0.717) is 13.0 Å².